The Bertz CT molecular complexity index is 1090. The van der Waals surface area contributed by atoms with Crippen molar-refractivity contribution in [2.24, 2.45) is 5.73 Å². The first kappa shape index (κ1) is 17.7. The Labute approximate surface area is 163 Å². The molecule has 0 saturated heterocycles. The first-order valence-electron chi connectivity index (χ1n) is 9.24. The van der Waals surface area contributed by atoms with Crippen LogP contribution in [0, 0.1) is 11.3 Å². The number of primary amides is 1. The van der Waals surface area contributed by atoms with Crippen LogP contribution in [-0.2, 0) is 11.2 Å². The zero-order valence-corrected chi connectivity index (χ0v) is 15.3. The van der Waals surface area contributed by atoms with E-state index in [9.17, 15) is 14.9 Å². The van der Waals surface area contributed by atoms with Crippen molar-refractivity contribution in [3.8, 4) is 23.0 Å². The molecule has 1 atom stereocenters. The summed E-state index contributed by atoms with van der Waals surface area (Å²) in [5.74, 6) is -1.97. The highest BCUT2D eigenvalue weighted by molar-refractivity contribution is 6.04. The lowest BCUT2D eigenvalue weighted by atomic mass is 9.86. The van der Waals surface area contributed by atoms with Gasteiger partial charge in [0.2, 0.25) is 5.91 Å². The van der Waals surface area contributed by atoms with Gasteiger partial charge >= 0.3 is 0 Å². The van der Waals surface area contributed by atoms with Gasteiger partial charge in [-0.1, -0.05) is 48.5 Å². The number of hydrogen-bond acceptors (Lipinski definition) is 3. The predicted octanol–water partition coefficient (Wildman–Crippen LogP) is 3.76. The molecular formula is C23H19N3O2. The molecule has 138 valence electrons. The van der Waals surface area contributed by atoms with Gasteiger partial charge in [-0.3, -0.25) is 9.59 Å². The summed E-state index contributed by atoms with van der Waals surface area (Å²) in [6, 6.07) is 21.3. The first-order chi connectivity index (χ1) is 13.6. The number of carbonyl (C=O) groups excluding carboxylic acids is 2. The molecule has 5 nitrogen and oxygen atoms in total. The fraction of sp³-hybridized carbons (Fsp3) is 0.174. The number of benzene rings is 2. The molecule has 1 aliphatic carbocycles. The fourth-order valence-electron chi connectivity index (χ4n) is 4.02. The van der Waals surface area contributed by atoms with Crippen LogP contribution in [0.1, 0.15) is 40.4 Å². The number of rotatable bonds is 4. The smallest absolute Gasteiger partial charge is 0.239 e. The minimum Gasteiger partial charge on any atom is -0.368 e. The number of nitriles is 1. The molecule has 2 N–H and O–H groups in total. The average molecular weight is 369 g/mol. The molecule has 4 rings (SSSR count). The van der Waals surface area contributed by atoms with E-state index in [-0.39, 0.29) is 5.78 Å². The molecule has 0 fully saturated rings. The Morgan fingerprint density at radius 2 is 1.68 bits per heavy atom. The minimum absolute atomic E-state index is 0.0374. The third-order valence-corrected chi connectivity index (χ3v) is 5.17. The quantitative estimate of drug-likeness (QED) is 0.759. The van der Waals surface area contributed by atoms with Crippen LogP contribution in [0.5, 0.6) is 0 Å². The topological polar surface area (TPSA) is 88.9 Å². The van der Waals surface area contributed by atoms with Crippen molar-refractivity contribution in [2.45, 2.75) is 25.2 Å². The van der Waals surface area contributed by atoms with Crippen LogP contribution >= 0.6 is 0 Å². The number of aromatic nitrogens is 1. The van der Waals surface area contributed by atoms with Crippen molar-refractivity contribution in [1.29, 1.82) is 5.26 Å². The summed E-state index contributed by atoms with van der Waals surface area (Å²) in [4.78, 5) is 25.0. The van der Waals surface area contributed by atoms with Crippen molar-refractivity contribution in [3.63, 3.8) is 0 Å². The van der Waals surface area contributed by atoms with Crippen LogP contribution in [0.15, 0.2) is 60.7 Å². The van der Waals surface area contributed by atoms with Crippen LogP contribution in [0.3, 0.4) is 0 Å². The number of ketones is 1. The van der Waals surface area contributed by atoms with E-state index in [0.29, 0.717) is 29.7 Å². The molecule has 5 heteroatoms. The lowest BCUT2D eigenvalue weighted by molar-refractivity contribution is -0.118. The molecule has 28 heavy (non-hydrogen) atoms. The summed E-state index contributed by atoms with van der Waals surface area (Å²) in [6.07, 6.45) is 1.85. The maximum Gasteiger partial charge on any atom is 0.239 e. The molecule has 2 aromatic carbocycles. The molecule has 0 saturated carbocycles. The van der Waals surface area contributed by atoms with E-state index in [1.807, 2.05) is 71.3 Å². The van der Waals surface area contributed by atoms with Crippen molar-refractivity contribution in [2.75, 3.05) is 0 Å². The van der Waals surface area contributed by atoms with Crippen molar-refractivity contribution in [3.05, 3.63) is 77.5 Å². The number of hydrogen-bond donors (Lipinski definition) is 1. The second-order valence-electron chi connectivity index (χ2n) is 6.86. The van der Waals surface area contributed by atoms with Gasteiger partial charge in [0, 0.05) is 28.9 Å². The monoisotopic (exact) mass is 369 g/mol. The van der Waals surface area contributed by atoms with E-state index in [2.05, 4.69) is 0 Å². The second kappa shape index (κ2) is 7.16. The van der Waals surface area contributed by atoms with E-state index >= 15 is 0 Å². The summed E-state index contributed by atoms with van der Waals surface area (Å²) in [6.45, 7) is 0. The molecule has 3 aromatic rings. The van der Waals surface area contributed by atoms with Crippen LogP contribution in [0.2, 0.25) is 0 Å². The van der Waals surface area contributed by atoms with Crippen molar-refractivity contribution < 1.29 is 9.59 Å². The van der Waals surface area contributed by atoms with E-state index in [0.717, 1.165) is 23.4 Å². The summed E-state index contributed by atoms with van der Waals surface area (Å²) < 4.78 is 2.02. The zero-order chi connectivity index (χ0) is 19.7. The largest absolute Gasteiger partial charge is 0.368 e. The molecule has 1 aromatic heterocycles. The van der Waals surface area contributed by atoms with Crippen LogP contribution < -0.4 is 5.73 Å². The second-order valence-corrected chi connectivity index (χ2v) is 6.86. The van der Waals surface area contributed by atoms with Gasteiger partial charge in [-0.2, -0.15) is 5.26 Å². The van der Waals surface area contributed by atoms with Gasteiger partial charge < -0.3 is 10.3 Å². The van der Waals surface area contributed by atoms with Crippen LogP contribution in [-0.4, -0.2) is 16.3 Å². The standard InChI is InChI=1S/C23H19N3O2/c24-14-17(23(25)28)20-21-18(12-7-13-19(21)27)26(16-10-5-2-6-11-16)22(20)15-8-3-1-4-9-15/h1-6,8-11,17H,7,12-13H2,(H2,25,28). The molecule has 0 spiro atoms. The number of carbonyl (C=O) groups is 2. The maximum absolute atomic E-state index is 12.9. The lowest BCUT2D eigenvalue weighted by Crippen LogP contribution is -2.23. The van der Waals surface area contributed by atoms with E-state index in [4.69, 9.17) is 5.73 Å². The molecule has 0 bridgehead atoms. The summed E-state index contributed by atoms with van der Waals surface area (Å²) in [7, 11) is 0. The Morgan fingerprint density at radius 3 is 2.29 bits per heavy atom. The Balaban J connectivity index is 2.16. The van der Waals surface area contributed by atoms with Gasteiger partial charge in [0.15, 0.2) is 11.7 Å². The van der Waals surface area contributed by atoms with Crippen molar-refractivity contribution >= 4 is 11.7 Å². The van der Waals surface area contributed by atoms with Crippen LogP contribution in [0.25, 0.3) is 16.9 Å². The normalized spacial score (nSPS) is 14.2. The highest BCUT2D eigenvalue weighted by Gasteiger charge is 2.36. The molecule has 0 radical (unpaired) electrons. The van der Waals surface area contributed by atoms with Crippen LogP contribution in [0.4, 0.5) is 0 Å². The third kappa shape index (κ3) is 2.80. The highest BCUT2D eigenvalue weighted by atomic mass is 16.1. The van der Waals surface area contributed by atoms with E-state index in [1.54, 1.807) is 0 Å². The third-order valence-electron chi connectivity index (χ3n) is 5.17. The molecule has 1 unspecified atom stereocenters. The van der Waals surface area contributed by atoms with Gasteiger partial charge in [0.25, 0.3) is 0 Å². The van der Waals surface area contributed by atoms with Gasteiger partial charge in [0.1, 0.15) is 0 Å². The zero-order valence-electron chi connectivity index (χ0n) is 15.3. The summed E-state index contributed by atoms with van der Waals surface area (Å²) >= 11 is 0. The molecule has 1 heterocycles. The van der Waals surface area contributed by atoms with Gasteiger partial charge in [-0.05, 0) is 30.5 Å². The number of para-hydroxylation sites is 1. The molecule has 0 aliphatic heterocycles. The van der Waals surface area contributed by atoms with Crippen molar-refractivity contribution in [1.82, 2.24) is 4.57 Å². The predicted molar refractivity (Wildman–Crippen MR) is 106 cm³/mol. The summed E-state index contributed by atoms with van der Waals surface area (Å²) in [5, 5.41) is 9.72. The summed E-state index contributed by atoms with van der Waals surface area (Å²) in [5.41, 5.74) is 9.76. The molecule has 1 amide bonds. The van der Waals surface area contributed by atoms with E-state index < -0.39 is 11.8 Å². The number of fused-ring (bicyclic) bond motifs is 1. The maximum atomic E-state index is 12.9. The molecular weight excluding hydrogens is 350 g/mol. The molecule has 1 aliphatic rings. The highest BCUT2D eigenvalue weighted by Crippen LogP contribution is 2.41. The number of amides is 1. The van der Waals surface area contributed by atoms with Gasteiger partial charge in [-0.25, -0.2) is 0 Å². The van der Waals surface area contributed by atoms with E-state index in [1.165, 1.54) is 0 Å². The fourth-order valence-corrected chi connectivity index (χ4v) is 4.02. The number of Topliss-reactive ketones (excluding diaryl/α,β-unsaturated/α-hetero) is 1. The minimum atomic E-state index is -1.18. The average Bonchev–Trinajstić information content (AvgIpc) is 3.06. The van der Waals surface area contributed by atoms with Gasteiger partial charge in [0.05, 0.1) is 11.8 Å². The first-order valence-corrected chi connectivity index (χ1v) is 9.24. The Morgan fingerprint density at radius 1 is 1.04 bits per heavy atom. The Hall–Kier alpha value is -3.65. The number of nitrogens with zero attached hydrogens (tertiary/aromatic N) is 2. The lowest BCUT2D eigenvalue weighted by Gasteiger charge is -2.17. The Kier molecular flexibility index (Phi) is 4.54. The SMILES string of the molecule is N#CC(C(N)=O)c1c2c(n(-c3ccccc3)c1-c1ccccc1)CCCC2=O. The van der Waals surface area contributed by atoms with Gasteiger partial charge in [-0.15, -0.1) is 0 Å². The number of nitrogens with two attached hydrogens (primary N) is 1.